The molecule has 0 aliphatic heterocycles. The Hall–Kier alpha value is -0.560. The number of rotatable bonds is 2. The van der Waals surface area contributed by atoms with Gasteiger partial charge in [0.1, 0.15) is 0 Å². The molecule has 0 bridgehead atoms. The molecular weight excluding hydrogens is 122 g/mol. The number of hydrogen-bond acceptors (Lipinski definition) is 1. The highest BCUT2D eigenvalue weighted by Gasteiger charge is 2.01. The number of nitrogens with one attached hydrogen (secondary N) is 1. The first-order valence-electron chi connectivity index (χ1n) is 3.84. The minimum absolute atomic E-state index is 0.730. The van der Waals surface area contributed by atoms with Crippen molar-refractivity contribution in [2.75, 3.05) is 13.6 Å². The van der Waals surface area contributed by atoms with E-state index in [0.29, 0.717) is 0 Å². The molecule has 0 radical (unpaired) electrons. The molecule has 0 amide bonds. The van der Waals surface area contributed by atoms with Gasteiger partial charge < -0.3 is 5.32 Å². The highest BCUT2D eigenvalue weighted by molar-refractivity contribution is 5.24. The topological polar surface area (TPSA) is 12.0 Å². The second-order valence-electron chi connectivity index (χ2n) is 2.89. The minimum atomic E-state index is 0.730. The molecule has 0 fully saturated rings. The van der Waals surface area contributed by atoms with Crippen LogP contribution in [0, 0.1) is 5.92 Å². The molecule has 0 saturated carbocycles. The summed E-state index contributed by atoms with van der Waals surface area (Å²) in [5.41, 5.74) is 1.42. The maximum absolute atomic E-state index is 3.14. The Labute approximate surface area is 62.8 Å². The minimum Gasteiger partial charge on any atom is -0.316 e. The van der Waals surface area contributed by atoms with E-state index in [2.05, 4.69) is 30.5 Å². The van der Waals surface area contributed by atoms with Crippen molar-refractivity contribution in [2.45, 2.75) is 13.3 Å². The summed E-state index contributed by atoms with van der Waals surface area (Å²) in [6.07, 6.45) is 7.98. The summed E-state index contributed by atoms with van der Waals surface area (Å²) < 4.78 is 0. The van der Waals surface area contributed by atoms with Crippen molar-refractivity contribution in [3.63, 3.8) is 0 Å². The first kappa shape index (κ1) is 7.55. The molecule has 0 heterocycles. The lowest BCUT2D eigenvalue weighted by Crippen LogP contribution is -2.11. The van der Waals surface area contributed by atoms with Crippen LogP contribution in [0.5, 0.6) is 0 Å². The largest absolute Gasteiger partial charge is 0.316 e. The maximum Gasteiger partial charge on any atom is 0.0199 e. The number of hydrogen-bond donors (Lipinski definition) is 1. The third-order valence-electron chi connectivity index (χ3n) is 1.72. The monoisotopic (exact) mass is 137 g/mol. The average Bonchev–Trinajstić information content (AvgIpc) is 1.88. The zero-order valence-corrected chi connectivity index (χ0v) is 6.72. The Bertz CT molecular complexity index is 156. The zero-order valence-electron chi connectivity index (χ0n) is 6.72. The summed E-state index contributed by atoms with van der Waals surface area (Å²) >= 11 is 0. The fraction of sp³-hybridized carbons (Fsp3) is 0.556. The molecule has 1 unspecified atom stereocenters. The molecule has 1 rings (SSSR count). The molecule has 10 heavy (non-hydrogen) atoms. The van der Waals surface area contributed by atoms with Crippen molar-refractivity contribution in [2.24, 2.45) is 5.92 Å². The molecule has 1 atom stereocenters. The van der Waals surface area contributed by atoms with Gasteiger partial charge in [-0.1, -0.05) is 25.2 Å². The van der Waals surface area contributed by atoms with Gasteiger partial charge in [0.25, 0.3) is 0 Å². The van der Waals surface area contributed by atoms with Gasteiger partial charge in [0.15, 0.2) is 0 Å². The summed E-state index contributed by atoms with van der Waals surface area (Å²) in [4.78, 5) is 0. The van der Waals surface area contributed by atoms with Crippen LogP contribution >= 0.6 is 0 Å². The molecular formula is C9H15N. The van der Waals surface area contributed by atoms with Crippen LogP contribution in [0.15, 0.2) is 23.8 Å². The van der Waals surface area contributed by atoms with E-state index in [0.717, 1.165) is 12.5 Å². The molecule has 0 aromatic rings. The highest BCUT2D eigenvalue weighted by Crippen LogP contribution is 2.14. The van der Waals surface area contributed by atoms with Crippen LogP contribution in [0.25, 0.3) is 0 Å². The van der Waals surface area contributed by atoms with Gasteiger partial charge in [0, 0.05) is 6.54 Å². The van der Waals surface area contributed by atoms with E-state index in [-0.39, 0.29) is 0 Å². The second-order valence-corrected chi connectivity index (χ2v) is 2.89. The number of likely N-dealkylation sites (N-methyl/N-ethyl adjacent to an activating group) is 1. The molecule has 1 N–H and O–H groups in total. The summed E-state index contributed by atoms with van der Waals surface area (Å²) in [7, 11) is 1.98. The third-order valence-corrected chi connectivity index (χ3v) is 1.72. The predicted octanol–water partition coefficient (Wildman–Crippen LogP) is 1.73. The summed E-state index contributed by atoms with van der Waals surface area (Å²) in [5, 5.41) is 3.14. The van der Waals surface area contributed by atoms with Crippen LogP contribution in [-0.2, 0) is 0 Å². The van der Waals surface area contributed by atoms with E-state index >= 15 is 0 Å². The molecule has 0 aromatic heterocycles. The maximum atomic E-state index is 3.14. The van der Waals surface area contributed by atoms with Crippen molar-refractivity contribution in [1.82, 2.24) is 5.32 Å². The van der Waals surface area contributed by atoms with E-state index in [1.165, 1.54) is 12.0 Å². The Morgan fingerprint density at radius 2 is 2.50 bits per heavy atom. The van der Waals surface area contributed by atoms with Crippen LogP contribution in [0.2, 0.25) is 0 Å². The summed E-state index contributed by atoms with van der Waals surface area (Å²) in [6, 6.07) is 0. The van der Waals surface area contributed by atoms with Gasteiger partial charge in [0.05, 0.1) is 0 Å². The van der Waals surface area contributed by atoms with Gasteiger partial charge in [-0.2, -0.15) is 0 Å². The SMILES string of the molecule is CNCC1=CC(C)CC=C1. The first-order valence-corrected chi connectivity index (χ1v) is 3.84. The highest BCUT2D eigenvalue weighted by atomic mass is 14.8. The van der Waals surface area contributed by atoms with Crippen LogP contribution in [0.4, 0.5) is 0 Å². The van der Waals surface area contributed by atoms with Crippen molar-refractivity contribution < 1.29 is 0 Å². The smallest absolute Gasteiger partial charge is 0.0199 e. The van der Waals surface area contributed by atoms with E-state index in [1.807, 2.05) is 7.05 Å². The van der Waals surface area contributed by atoms with E-state index < -0.39 is 0 Å². The lowest BCUT2D eigenvalue weighted by Gasteiger charge is -2.11. The summed E-state index contributed by atoms with van der Waals surface area (Å²) in [6.45, 7) is 3.25. The van der Waals surface area contributed by atoms with Gasteiger partial charge >= 0.3 is 0 Å². The molecule has 0 spiro atoms. The van der Waals surface area contributed by atoms with Crippen LogP contribution in [0.3, 0.4) is 0 Å². The van der Waals surface area contributed by atoms with Gasteiger partial charge in [0.2, 0.25) is 0 Å². The zero-order chi connectivity index (χ0) is 7.40. The van der Waals surface area contributed by atoms with Crippen molar-refractivity contribution >= 4 is 0 Å². The van der Waals surface area contributed by atoms with E-state index in [1.54, 1.807) is 0 Å². The third kappa shape index (κ3) is 1.99. The molecule has 0 aromatic carbocycles. The van der Waals surface area contributed by atoms with E-state index in [9.17, 15) is 0 Å². The van der Waals surface area contributed by atoms with Crippen LogP contribution in [0.1, 0.15) is 13.3 Å². The van der Waals surface area contributed by atoms with Crippen LogP contribution in [-0.4, -0.2) is 13.6 Å². The number of allylic oxidation sites excluding steroid dienone is 2. The van der Waals surface area contributed by atoms with Crippen molar-refractivity contribution in [1.29, 1.82) is 0 Å². The summed E-state index contributed by atoms with van der Waals surface area (Å²) in [5.74, 6) is 0.730. The molecule has 56 valence electrons. The fourth-order valence-electron chi connectivity index (χ4n) is 1.25. The average molecular weight is 137 g/mol. The Morgan fingerprint density at radius 1 is 1.70 bits per heavy atom. The Balaban J connectivity index is 2.49. The Morgan fingerprint density at radius 3 is 3.10 bits per heavy atom. The normalized spacial score (nSPS) is 24.6. The van der Waals surface area contributed by atoms with Gasteiger partial charge in [-0.3, -0.25) is 0 Å². The first-order chi connectivity index (χ1) is 4.83. The van der Waals surface area contributed by atoms with Crippen molar-refractivity contribution in [3.8, 4) is 0 Å². The molecule has 1 nitrogen and oxygen atoms in total. The molecule has 1 aliphatic carbocycles. The van der Waals surface area contributed by atoms with Gasteiger partial charge in [-0.25, -0.2) is 0 Å². The van der Waals surface area contributed by atoms with Crippen LogP contribution < -0.4 is 5.32 Å². The van der Waals surface area contributed by atoms with Gasteiger partial charge in [-0.05, 0) is 25.0 Å². The van der Waals surface area contributed by atoms with Crippen molar-refractivity contribution in [3.05, 3.63) is 23.8 Å². The van der Waals surface area contributed by atoms with Gasteiger partial charge in [-0.15, -0.1) is 0 Å². The predicted molar refractivity (Wildman–Crippen MR) is 44.9 cm³/mol. The fourth-order valence-corrected chi connectivity index (χ4v) is 1.25. The lowest BCUT2D eigenvalue weighted by molar-refractivity contribution is 0.719. The molecule has 1 heteroatoms. The quantitative estimate of drug-likeness (QED) is 0.611. The lowest BCUT2D eigenvalue weighted by atomic mass is 9.98. The molecule has 1 aliphatic rings. The second kappa shape index (κ2) is 3.57. The van der Waals surface area contributed by atoms with E-state index in [4.69, 9.17) is 0 Å². The standard InChI is InChI=1S/C9H15N/c1-8-4-3-5-9(6-8)7-10-2/h3,5-6,8,10H,4,7H2,1-2H3. The Kier molecular flexibility index (Phi) is 2.69. The molecule has 0 saturated heterocycles.